The Labute approximate surface area is 252 Å². The molecule has 0 radical (unpaired) electrons. The molecule has 0 amide bonds. The van der Waals surface area contributed by atoms with Gasteiger partial charge in [0.05, 0.1) is 32.3 Å². The summed E-state index contributed by atoms with van der Waals surface area (Å²) in [5.41, 5.74) is -1.22. The Morgan fingerprint density at radius 3 is 2.18 bits per heavy atom. The predicted molar refractivity (Wildman–Crippen MR) is 146 cm³/mol. The highest BCUT2D eigenvalue weighted by molar-refractivity contribution is 5.88. The number of fused-ring (bicyclic) bond motifs is 1. The van der Waals surface area contributed by atoms with Crippen molar-refractivity contribution in [1.82, 2.24) is 0 Å². The number of aliphatic hydroxyl groups is 8. The number of aromatic hydroxyl groups is 2. The molecular weight excluding hydrogens is 608 g/mol. The molecule has 0 saturated carbocycles. The third-order valence-electron chi connectivity index (χ3n) is 7.58. The average Bonchev–Trinajstić information content (AvgIpc) is 3.01. The van der Waals surface area contributed by atoms with Gasteiger partial charge in [0, 0.05) is 17.7 Å². The van der Waals surface area contributed by atoms with Gasteiger partial charge in [-0.3, -0.25) is 4.79 Å². The Morgan fingerprint density at radius 1 is 0.778 bits per heavy atom. The highest BCUT2D eigenvalue weighted by Gasteiger charge is 2.46. The molecular formula is C28H32O17. The first-order valence-corrected chi connectivity index (χ1v) is 13.6. The molecule has 2 aliphatic rings. The van der Waals surface area contributed by atoms with E-state index in [4.69, 9.17) is 28.1 Å². The van der Waals surface area contributed by atoms with Gasteiger partial charge in [0.15, 0.2) is 23.5 Å². The van der Waals surface area contributed by atoms with Gasteiger partial charge in [0.1, 0.15) is 53.0 Å². The van der Waals surface area contributed by atoms with Crippen LogP contribution in [-0.2, 0) is 9.47 Å². The minimum absolute atomic E-state index is 0.0387. The lowest BCUT2D eigenvalue weighted by atomic mass is 9.94. The van der Waals surface area contributed by atoms with Crippen molar-refractivity contribution in [2.24, 2.45) is 5.92 Å². The maximum absolute atomic E-state index is 13.7. The van der Waals surface area contributed by atoms with Crippen LogP contribution in [0.5, 0.6) is 28.7 Å². The maximum atomic E-state index is 13.7. The van der Waals surface area contributed by atoms with Crippen molar-refractivity contribution < 1.29 is 79.2 Å². The van der Waals surface area contributed by atoms with Gasteiger partial charge < -0.3 is 79.2 Å². The first kappa shape index (κ1) is 32.6. The van der Waals surface area contributed by atoms with Crippen LogP contribution >= 0.6 is 0 Å². The van der Waals surface area contributed by atoms with E-state index in [1.54, 1.807) is 0 Å². The highest BCUT2D eigenvalue weighted by Crippen LogP contribution is 2.41. The fourth-order valence-corrected chi connectivity index (χ4v) is 5.09. The molecule has 0 aliphatic carbocycles. The summed E-state index contributed by atoms with van der Waals surface area (Å²) >= 11 is 0. The Morgan fingerprint density at radius 2 is 1.51 bits per heavy atom. The molecule has 10 atom stereocenters. The van der Waals surface area contributed by atoms with Gasteiger partial charge in [-0.05, 0) is 18.2 Å². The van der Waals surface area contributed by atoms with Crippen LogP contribution in [-0.4, -0.2) is 127 Å². The van der Waals surface area contributed by atoms with Gasteiger partial charge in [-0.15, -0.1) is 0 Å². The molecule has 0 bridgehead atoms. The monoisotopic (exact) mass is 640 g/mol. The van der Waals surface area contributed by atoms with Crippen molar-refractivity contribution in [2.75, 3.05) is 20.3 Å². The summed E-state index contributed by atoms with van der Waals surface area (Å²) in [6.45, 7) is -1.46. The van der Waals surface area contributed by atoms with Gasteiger partial charge in [-0.2, -0.15) is 0 Å². The van der Waals surface area contributed by atoms with Gasteiger partial charge in [-0.1, -0.05) is 0 Å². The Kier molecular flexibility index (Phi) is 9.38. The summed E-state index contributed by atoms with van der Waals surface area (Å²) in [6, 6.07) is 5.86. The van der Waals surface area contributed by atoms with Crippen LogP contribution in [0.15, 0.2) is 39.5 Å². The minimum atomic E-state index is -1.91. The Hall–Kier alpha value is -3.75. The van der Waals surface area contributed by atoms with E-state index in [1.807, 2.05) is 0 Å². The normalized spacial score (nSPS) is 31.9. The average molecular weight is 641 g/mol. The van der Waals surface area contributed by atoms with Crippen LogP contribution in [0.25, 0.3) is 22.3 Å². The number of hydrogen-bond acceptors (Lipinski definition) is 17. The van der Waals surface area contributed by atoms with Crippen molar-refractivity contribution in [3.8, 4) is 40.1 Å². The number of phenols is 2. The zero-order valence-electron chi connectivity index (χ0n) is 23.4. The first-order chi connectivity index (χ1) is 21.4. The molecule has 2 aliphatic heterocycles. The topological polar surface area (TPSA) is 279 Å². The second kappa shape index (κ2) is 12.9. The molecule has 45 heavy (non-hydrogen) atoms. The van der Waals surface area contributed by atoms with Crippen molar-refractivity contribution in [3.63, 3.8) is 0 Å². The van der Waals surface area contributed by atoms with Crippen molar-refractivity contribution in [2.45, 2.75) is 55.5 Å². The summed E-state index contributed by atoms with van der Waals surface area (Å²) in [5.74, 6) is -3.39. The van der Waals surface area contributed by atoms with Crippen LogP contribution in [0.2, 0.25) is 0 Å². The van der Waals surface area contributed by atoms with Gasteiger partial charge in [-0.25, -0.2) is 0 Å². The SMILES string of the molecule is COc1cc(-c2oc3cc(O)cc(O)c3c(=O)c2O[C@@H]2O[C@H](CO)[C@@H](O)[C@H](O)[C@H]2O)ccc1O[C@H]1O[C@H](O)[C@@H](O)[C@H](O)[C@H]1CO. The van der Waals surface area contributed by atoms with Crippen molar-refractivity contribution in [1.29, 1.82) is 0 Å². The second-order valence-electron chi connectivity index (χ2n) is 10.4. The summed E-state index contributed by atoms with van der Waals surface area (Å²) in [6.07, 6.45) is -15.3. The molecule has 2 fully saturated rings. The number of rotatable bonds is 8. The fraction of sp³-hybridized carbons (Fsp3) is 0.464. The molecule has 17 heteroatoms. The largest absolute Gasteiger partial charge is 0.508 e. The fourth-order valence-electron chi connectivity index (χ4n) is 5.09. The summed E-state index contributed by atoms with van der Waals surface area (Å²) in [5, 5.41) is 100. The lowest BCUT2D eigenvalue weighted by Gasteiger charge is -2.39. The van der Waals surface area contributed by atoms with E-state index in [-0.39, 0.29) is 28.4 Å². The zero-order chi connectivity index (χ0) is 32.7. The molecule has 3 aromatic rings. The number of ether oxygens (including phenoxy) is 5. The van der Waals surface area contributed by atoms with Crippen LogP contribution < -0.4 is 19.6 Å². The van der Waals surface area contributed by atoms with E-state index in [0.717, 1.165) is 12.1 Å². The highest BCUT2D eigenvalue weighted by atomic mass is 16.7. The molecule has 2 saturated heterocycles. The molecule has 17 nitrogen and oxygen atoms in total. The molecule has 2 aromatic carbocycles. The Bertz CT molecular complexity index is 1570. The van der Waals surface area contributed by atoms with Crippen LogP contribution in [0.3, 0.4) is 0 Å². The quantitative estimate of drug-likeness (QED) is 0.121. The van der Waals surface area contributed by atoms with Gasteiger partial charge >= 0.3 is 0 Å². The van der Waals surface area contributed by atoms with Gasteiger partial charge in [0.2, 0.25) is 23.8 Å². The predicted octanol–water partition coefficient (Wildman–Crippen LogP) is -2.56. The van der Waals surface area contributed by atoms with E-state index in [1.165, 1.54) is 25.3 Å². The van der Waals surface area contributed by atoms with E-state index in [0.29, 0.717) is 0 Å². The lowest BCUT2D eigenvalue weighted by molar-refractivity contribution is -0.312. The number of phenolic OH excluding ortho intramolecular Hbond substituents is 2. The number of methoxy groups -OCH3 is 1. The third kappa shape index (κ3) is 5.98. The first-order valence-electron chi connectivity index (χ1n) is 13.6. The lowest BCUT2D eigenvalue weighted by Crippen LogP contribution is -2.60. The number of aliphatic hydroxyl groups excluding tert-OH is 8. The molecule has 246 valence electrons. The molecule has 5 rings (SSSR count). The molecule has 0 spiro atoms. The van der Waals surface area contributed by atoms with E-state index in [9.17, 15) is 55.9 Å². The number of hydrogen-bond donors (Lipinski definition) is 10. The van der Waals surface area contributed by atoms with Crippen LogP contribution in [0.4, 0.5) is 0 Å². The zero-order valence-corrected chi connectivity index (χ0v) is 23.4. The minimum Gasteiger partial charge on any atom is -0.508 e. The Balaban J connectivity index is 1.58. The summed E-state index contributed by atoms with van der Waals surface area (Å²) in [4.78, 5) is 13.7. The maximum Gasteiger partial charge on any atom is 0.239 e. The second-order valence-corrected chi connectivity index (χ2v) is 10.4. The van der Waals surface area contributed by atoms with E-state index < -0.39 is 103 Å². The standard InChI is InChI=1S/C28H32O17/c1-40-14-4-9(2-3-13(14)42-27-11(7-29)18(33)22(37)26(39)45-27)24-25(20(35)17-12(32)5-10(31)6-15(17)41-24)44-28-23(38)21(36)19(34)16(8-30)43-28/h2-6,11,16,18-19,21-23,26-34,36-39H,7-8H2,1H3/t11-,16-,18-,19-,21+,22+,23-,26+,27+,28+/m1/s1. The molecule has 0 unspecified atom stereocenters. The summed E-state index contributed by atoms with van der Waals surface area (Å²) in [7, 11) is 1.25. The number of benzene rings is 2. The van der Waals surface area contributed by atoms with Crippen LogP contribution in [0.1, 0.15) is 0 Å². The summed E-state index contributed by atoms with van der Waals surface area (Å²) < 4.78 is 33.3. The van der Waals surface area contributed by atoms with Crippen molar-refractivity contribution in [3.05, 3.63) is 40.6 Å². The van der Waals surface area contributed by atoms with E-state index >= 15 is 0 Å². The molecule has 10 N–H and O–H groups in total. The van der Waals surface area contributed by atoms with Crippen molar-refractivity contribution >= 4 is 11.0 Å². The van der Waals surface area contributed by atoms with Gasteiger partial charge in [0.25, 0.3) is 0 Å². The third-order valence-corrected chi connectivity index (χ3v) is 7.58. The molecule has 3 heterocycles. The smallest absolute Gasteiger partial charge is 0.239 e. The molecule has 1 aromatic heterocycles. The van der Waals surface area contributed by atoms with Crippen LogP contribution in [0, 0.1) is 5.92 Å². The van der Waals surface area contributed by atoms with E-state index in [2.05, 4.69) is 0 Å².